The zero-order chi connectivity index (χ0) is 17.4. The van der Waals surface area contributed by atoms with Gasteiger partial charge in [-0.15, -0.1) is 0 Å². The monoisotopic (exact) mass is 331 g/mol. The number of alkyl halides is 3. The number of benzene rings is 1. The van der Waals surface area contributed by atoms with Crippen LogP contribution in [0, 0.1) is 0 Å². The fourth-order valence-electron chi connectivity index (χ4n) is 1.54. The summed E-state index contributed by atoms with van der Waals surface area (Å²) in [4.78, 5) is 23.2. The van der Waals surface area contributed by atoms with E-state index in [0.29, 0.717) is 0 Å². The van der Waals surface area contributed by atoms with E-state index in [1.807, 2.05) is 0 Å². The minimum atomic E-state index is -2.52. The summed E-state index contributed by atoms with van der Waals surface area (Å²) in [6.45, 7) is 3.43. The van der Waals surface area contributed by atoms with Crippen LogP contribution < -0.4 is 10.1 Å². The molecule has 1 aromatic rings. The lowest BCUT2D eigenvalue weighted by molar-refractivity contribution is -0.111. The van der Waals surface area contributed by atoms with Crippen molar-refractivity contribution in [2.24, 2.45) is 0 Å². The van der Waals surface area contributed by atoms with Crippen molar-refractivity contribution in [3.63, 3.8) is 0 Å². The lowest BCUT2D eigenvalue weighted by atomic mass is 10.1. The summed E-state index contributed by atoms with van der Waals surface area (Å²) in [6, 6.07) is 3.49. The van der Waals surface area contributed by atoms with Crippen LogP contribution in [-0.2, 0) is 9.53 Å². The van der Waals surface area contributed by atoms with E-state index >= 15 is 0 Å². The summed E-state index contributed by atoms with van der Waals surface area (Å²) in [5.41, 5.74) is -0.0409. The molecule has 0 aliphatic carbocycles. The molecule has 126 valence electrons. The van der Waals surface area contributed by atoms with Gasteiger partial charge in [0.1, 0.15) is 12.4 Å². The second-order valence-electron chi connectivity index (χ2n) is 4.26. The Morgan fingerprint density at radius 3 is 2.65 bits per heavy atom. The van der Waals surface area contributed by atoms with Crippen LogP contribution in [0.3, 0.4) is 0 Å². The maximum Gasteiger partial charge on any atom is 0.340 e. The Bertz CT molecular complexity index is 580. The summed E-state index contributed by atoms with van der Waals surface area (Å²) in [5.74, 6) is -1.54. The van der Waals surface area contributed by atoms with Crippen LogP contribution in [0.4, 0.5) is 18.9 Å². The Balaban J connectivity index is 3.08. The van der Waals surface area contributed by atoms with E-state index in [0.717, 1.165) is 12.1 Å². The van der Waals surface area contributed by atoms with Crippen LogP contribution in [0.25, 0.3) is 0 Å². The molecule has 0 aliphatic rings. The van der Waals surface area contributed by atoms with Crippen molar-refractivity contribution in [1.29, 1.82) is 0 Å². The van der Waals surface area contributed by atoms with E-state index in [9.17, 15) is 22.8 Å². The van der Waals surface area contributed by atoms with Crippen LogP contribution in [0.5, 0.6) is 5.75 Å². The molecule has 23 heavy (non-hydrogen) atoms. The Morgan fingerprint density at radius 2 is 2.09 bits per heavy atom. The van der Waals surface area contributed by atoms with Crippen molar-refractivity contribution >= 4 is 17.6 Å². The Hall–Kier alpha value is -2.51. The van der Waals surface area contributed by atoms with Gasteiger partial charge in [-0.3, -0.25) is 4.79 Å². The molecule has 0 bridgehead atoms. The van der Waals surface area contributed by atoms with Crippen molar-refractivity contribution in [2.45, 2.75) is 19.5 Å². The number of amides is 1. The Kier molecular flexibility index (Phi) is 7.11. The number of carbonyl (C=O) groups excluding carboxylic acids is 2. The number of hydrogen-bond acceptors (Lipinski definition) is 4. The fourth-order valence-corrected chi connectivity index (χ4v) is 1.54. The number of ether oxygens (including phenoxy) is 2. The van der Waals surface area contributed by atoms with Crippen molar-refractivity contribution in [3.05, 3.63) is 36.4 Å². The Morgan fingerprint density at radius 1 is 1.39 bits per heavy atom. The maximum atomic E-state index is 13.3. The summed E-state index contributed by atoms with van der Waals surface area (Å²) in [7, 11) is 0. The first-order valence-corrected chi connectivity index (χ1v) is 6.68. The first-order valence-electron chi connectivity index (χ1n) is 6.68. The molecule has 1 N–H and O–H groups in total. The highest BCUT2D eigenvalue weighted by molar-refractivity contribution is 6.05. The van der Waals surface area contributed by atoms with Crippen molar-refractivity contribution in [3.8, 4) is 5.75 Å². The van der Waals surface area contributed by atoms with Crippen molar-refractivity contribution in [1.82, 2.24) is 0 Å². The van der Waals surface area contributed by atoms with Crippen molar-refractivity contribution < 1.29 is 32.2 Å². The van der Waals surface area contributed by atoms with E-state index in [1.165, 1.54) is 12.1 Å². The van der Waals surface area contributed by atoms with Gasteiger partial charge in [0.05, 0.1) is 17.9 Å². The van der Waals surface area contributed by atoms with Gasteiger partial charge in [-0.25, -0.2) is 13.6 Å². The molecule has 8 heteroatoms. The molecular formula is C15H16F3NO4. The van der Waals surface area contributed by atoms with E-state index in [4.69, 9.17) is 4.74 Å². The topological polar surface area (TPSA) is 64.6 Å². The molecule has 1 aromatic carbocycles. The highest BCUT2D eigenvalue weighted by atomic mass is 19.2. The van der Waals surface area contributed by atoms with Gasteiger partial charge in [-0.05, 0) is 25.1 Å². The largest absolute Gasteiger partial charge is 0.462 e. The second-order valence-corrected chi connectivity index (χ2v) is 4.26. The SMILES string of the molecule is C=CC(=O)Nc1cc(OC(F)C(F)CF)ccc1C(=O)OCC. The normalized spacial score (nSPS) is 12.9. The molecule has 0 aliphatic heterocycles. The molecule has 5 nitrogen and oxygen atoms in total. The molecular weight excluding hydrogens is 315 g/mol. The number of anilines is 1. The van der Waals surface area contributed by atoms with Gasteiger partial charge >= 0.3 is 5.97 Å². The summed E-state index contributed by atoms with van der Waals surface area (Å²) >= 11 is 0. The van der Waals surface area contributed by atoms with Gasteiger partial charge in [0, 0.05) is 6.07 Å². The summed E-state index contributed by atoms with van der Waals surface area (Å²) in [6.07, 6.45) is -4.00. The summed E-state index contributed by atoms with van der Waals surface area (Å²) in [5, 5.41) is 2.33. The minimum Gasteiger partial charge on any atom is -0.462 e. The van der Waals surface area contributed by atoms with Crippen LogP contribution >= 0.6 is 0 Å². The summed E-state index contributed by atoms with van der Waals surface area (Å²) < 4.78 is 47.6. The highest BCUT2D eigenvalue weighted by Crippen LogP contribution is 2.25. The first-order chi connectivity index (χ1) is 10.9. The molecule has 0 fully saturated rings. The first kappa shape index (κ1) is 18.5. The zero-order valence-corrected chi connectivity index (χ0v) is 12.4. The third-order valence-electron chi connectivity index (χ3n) is 2.61. The van der Waals surface area contributed by atoms with E-state index in [2.05, 4.69) is 16.6 Å². The number of halogens is 3. The van der Waals surface area contributed by atoms with Crippen LogP contribution in [0.1, 0.15) is 17.3 Å². The minimum absolute atomic E-state index is 0.00732. The number of nitrogens with one attached hydrogen (secondary N) is 1. The molecule has 2 atom stereocenters. The number of esters is 1. The van der Waals surface area contributed by atoms with Crippen LogP contribution in [0.2, 0.25) is 0 Å². The molecule has 0 saturated heterocycles. The van der Waals surface area contributed by atoms with E-state index in [1.54, 1.807) is 6.92 Å². The molecule has 0 spiro atoms. The molecule has 2 unspecified atom stereocenters. The molecule has 0 radical (unpaired) electrons. The van der Waals surface area contributed by atoms with Crippen molar-refractivity contribution in [2.75, 3.05) is 18.6 Å². The van der Waals surface area contributed by atoms with E-state index < -0.39 is 31.1 Å². The zero-order valence-electron chi connectivity index (χ0n) is 12.4. The molecule has 1 rings (SSSR count). The predicted octanol–water partition coefficient (Wildman–Crippen LogP) is 2.97. The smallest absolute Gasteiger partial charge is 0.340 e. The van der Waals surface area contributed by atoms with Gasteiger partial charge < -0.3 is 14.8 Å². The van der Waals surface area contributed by atoms with Gasteiger partial charge in [0.2, 0.25) is 5.91 Å². The molecule has 0 aromatic heterocycles. The van der Waals surface area contributed by atoms with Crippen LogP contribution in [-0.4, -0.2) is 37.7 Å². The van der Waals surface area contributed by atoms with Crippen LogP contribution in [0.15, 0.2) is 30.9 Å². The van der Waals surface area contributed by atoms with Gasteiger partial charge in [0.15, 0.2) is 6.17 Å². The lowest BCUT2D eigenvalue weighted by Crippen LogP contribution is -2.25. The number of carbonyl (C=O) groups is 2. The maximum absolute atomic E-state index is 13.3. The third kappa shape index (κ3) is 5.32. The number of rotatable bonds is 8. The average Bonchev–Trinajstić information content (AvgIpc) is 2.54. The van der Waals surface area contributed by atoms with Gasteiger partial charge in [-0.1, -0.05) is 6.58 Å². The molecule has 1 amide bonds. The third-order valence-corrected chi connectivity index (χ3v) is 2.61. The lowest BCUT2D eigenvalue weighted by Gasteiger charge is -2.15. The average molecular weight is 331 g/mol. The quantitative estimate of drug-likeness (QED) is 0.587. The standard InChI is InChI=1S/C15H16F3NO4/c1-3-13(20)19-12-7-9(23-14(18)11(17)8-16)5-6-10(12)15(21)22-4-2/h3,5-7,11,14H,1,4,8H2,2H3,(H,19,20). The highest BCUT2D eigenvalue weighted by Gasteiger charge is 2.23. The Labute approximate surface area is 131 Å². The van der Waals surface area contributed by atoms with E-state index in [-0.39, 0.29) is 23.6 Å². The van der Waals surface area contributed by atoms with Gasteiger partial charge in [-0.2, -0.15) is 4.39 Å². The molecule has 0 saturated carbocycles. The molecule has 0 heterocycles. The fraction of sp³-hybridized carbons (Fsp3) is 0.333. The van der Waals surface area contributed by atoms with Gasteiger partial charge in [0.25, 0.3) is 6.36 Å². The second kappa shape index (κ2) is 8.82. The predicted molar refractivity (Wildman–Crippen MR) is 77.6 cm³/mol. The number of hydrogen-bond donors (Lipinski definition) is 1.